The Morgan fingerprint density at radius 1 is 0.250 bits per heavy atom. The van der Waals surface area contributed by atoms with Crippen molar-refractivity contribution < 1.29 is 0 Å². The number of fused-ring (bicyclic) bond motifs is 2. The molecule has 0 fully saturated rings. The predicted molar refractivity (Wildman–Crippen MR) is 228 cm³/mol. The molecule has 2 heterocycles. The maximum Gasteiger partial charge on any atom is 0.165 e. The minimum Gasteiger partial charge on any atom is -0.228 e. The Balaban J connectivity index is 1.12. The summed E-state index contributed by atoms with van der Waals surface area (Å²) in [5, 5.41) is 4.52. The van der Waals surface area contributed by atoms with Gasteiger partial charge in [0.05, 0.1) is 11.4 Å². The lowest BCUT2D eigenvalue weighted by molar-refractivity contribution is 1.08. The van der Waals surface area contributed by atoms with Gasteiger partial charge in [0, 0.05) is 33.4 Å². The Bertz CT molecular complexity index is 2940. The lowest BCUT2D eigenvalue weighted by Gasteiger charge is -2.15. The zero-order valence-electron chi connectivity index (χ0n) is 30.3. The van der Waals surface area contributed by atoms with E-state index in [2.05, 4.69) is 121 Å². The molecule has 0 aliphatic rings. The van der Waals surface area contributed by atoms with Crippen LogP contribution in [0.15, 0.2) is 200 Å². The van der Waals surface area contributed by atoms with Crippen LogP contribution in [-0.4, -0.2) is 24.9 Å². The molecule has 262 valence electrons. The number of aromatic nitrogens is 5. The SMILES string of the molecule is c1ccc(-c2cc(-c3ccc(-c4ccc5ccccc5c4-c4nc(-c5ccccc5)nc(-c5ccccc5)n4)cc3)nc(-c3ccc4ccccc4c3)n2)cc1. The molecule has 0 radical (unpaired) electrons. The second kappa shape index (κ2) is 14.3. The fourth-order valence-electron chi connectivity index (χ4n) is 7.30. The van der Waals surface area contributed by atoms with E-state index in [-0.39, 0.29) is 0 Å². The first-order valence-corrected chi connectivity index (χ1v) is 18.7. The summed E-state index contributed by atoms with van der Waals surface area (Å²) in [5.74, 6) is 2.57. The normalized spacial score (nSPS) is 11.2. The van der Waals surface area contributed by atoms with Crippen LogP contribution in [0.2, 0.25) is 0 Å². The van der Waals surface area contributed by atoms with Crippen LogP contribution in [0.25, 0.3) is 101 Å². The van der Waals surface area contributed by atoms with E-state index in [0.29, 0.717) is 23.3 Å². The molecule has 0 unspecified atom stereocenters. The molecule has 0 atom stereocenters. The standard InChI is InChI=1S/C51H33N5/c1-4-16-37(17-5-1)45-33-46(53-50(52-45)42-29-24-34-14-10-11-22-41(34)32-42)38-27-25-36(26-28-38)44-31-30-35-15-12-13-23-43(35)47(44)51-55-48(39-18-6-2-7-19-39)54-49(56-51)40-20-8-3-9-21-40/h1-33H. The van der Waals surface area contributed by atoms with Gasteiger partial charge < -0.3 is 0 Å². The highest BCUT2D eigenvalue weighted by Gasteiger charge is 2.19. The molecule has 10 aromatic rings. The highest BCUT2D eigenvalue weighted by molar-refractivity contribution is 6.03. The van der Waals surface area contributed by atoms with E-state index in [1.807, 2.05) is 78.9 Å². The van der Waals surface area contributed by atoms with Crippen molar-refractivity contribution in [3.05, 3.63) is 200 Å². The van der Waals surface area contributed by atoms with Gasteiger partial charge in [0.2, 0.25) is 0 Å². The van der Waals surface area contributed by atoms with Gasteiger partial charge in [-0.05, 0) is 44.8 Å². The third-order valence-electron chi connectivity index (χ3n) is 10.1. The number of hydrogen-bond acceptors (Lipinski definition) is 5. The summed E-state index contributed by atoms with van der Waals surface area (Å²) < 4.78 is 0. The minimum absolute atomic E-state index is 0.622. The molecule has 0 aliphatic carbocycles. The Kier molecular flexibility index (Phi) is 8.43. The Morgan fingerprint density at radius 3 is 1.34 bits per heavy atom. The van der Waals surface area contributed by atoms with Gasteiger partial charge in [-0.3, -0.25) is 0 Å². The molecule has 0 N–H and O–H groups in total. The molecule has 5 nitrogen and oxygen atoms in total. The Morgan fingerprint density at radius 2 is 0.696 bits per heavy atom. The molecule has 2 aromatic heterocycles. The highest BCUT2D eigenvalue weighted by Crippen LogP contribution is 2.39. The van der Waals surface area contributed by atoms with E-state index in [9.17, 15) is 0 Å². The number of benzene rings is 8. The van der Waals surface area contributed by atoms with Crippen LogP contribution in [0, 0.1) is 0 Å². The van der Waals surface area contributed by atoms with Crippen LogP contribution in [0.5, 0.6) is 0 Å². The van der Waals surface area contributed by atoms with Crippen molar-refractivity contribution in [2.45, 2.75) is 0 Å². The highest BCUT2D eigenvalue weighted by atomic mass is 15.0. The summed E-state index contributed by atoms with van der Waals surface area (Å²) in [6.45, 7) is 0. The van der Waals surface area contributed by atoms with E-state index in [1.165, 1.54) is 5.39 Å². The molecule has 8 aromatic carbocycles. The first kappa shape index (κ1) is 33.0. The van der Waals surface area contributed by atoms with E-state index in [1.54, 1.807) is 0 Å². The molecule has 0 bridgehead atoms. The molecule has 0 spiro atoms. The van der Waals surface area contributed by atoms with E-state index >= 15 is 0 Å². The fourth-order valence-corrected chi connectivity index (χ4v) is 7.30. The third-order valence-corrected chi connectivity index (χ3v) is 10.1. The van der Waals surface area contributed by atoms with Crippen LogP contribution in [-0.2, 0) is 0 Å². The van der Waals surface area contributed by atoms with Gasteiger partial charge in [-0.1, -0.05) is 188 Å². The summed E-state index contributed by atoms with van der Waals surface area (Å²) >= 11 is 0. The average molecular weight is 716 g/mol. The second-order valence-corrected chi connectivity index (χ2v) is 13.7. The third kappa shape index (κ3) is 6.37. The van der Waals surface area contributed by atoms with Crippen LogP contribution < -0.4 is 0 Å². The molecular formula is C51H33N5. The zero-order chi connectivity index (χ0) is 37.3. The Labute approximate surface area is 324 Å². The number of rotatable bonds is 7. The van der Waals surface area contributed by atoms with E-state index < -0.39 is 0 Å². The van der Waals surface area contributed by atoms with Crippen molar-refractivity contribution in [2.75, 3.05) is 0 Å². The Hall–Kier alpha value is -7.63. The van der Waals surface area contributed by atoms with Crippen molar-refractivity contribution in [1.29, 1.82) is 0 Å². The van der Waals surface area contributed by atoms with Crippen molar-refractivity contribution in [2.24, 2.45) is 0 Å². The van der Waals surface area contributed by atoms with Gasteiger partial charge in [-0.2, -0.15) is 0 Å². The predicted octanol–water partition coefficient (Wildman–Crippen LogP) is 12.6. The van der Waals surface area contributed by atoms with Gasteiger partial charge in [-0.25, -0.2) is 24.9 Å². The van der Waals surface area contributed by atoms with Crippen molar-refractivity contribution in [3.63, 3.8) is 0 Å². The number of nitrogens with zero attached hydrogens (tertiary/aromatic N) is 5. The maximum absolute atomic E-state index is 5.16. The van der Waals surface area contributed by atoms with Gasteiger partial charge in [0.25, 0.3) is 0 Å². The number of hydrogen-bond donors (Lipinski definition) is 0. The molecule has 10 rings (SSSR count). The van der Waals surface area contributed by atoms with Crippen LogP contribution in [0.1, 0.15) is 0 Å². The first-order valence-electron chi connectivity index (χ1n) is 18.7. The minimum atomic E-state index is 0.622. The van der Waals surface area contributed by atoms with Crippen molar-refractivity contribution in [3.8, 4) is 79.2 Å². The maximum atomic E-state index is 5.16. The summed E-state index contributed by atoms with van der Waals surface area (Å²) in [6, 6.07) is 68.8. The van der Waals surface area contributed by atoms with Gasteiger partial charge >= 0.3 is 0 Å². The zero-order valence-corrected chi connectivity index (χ0v) is 30.3. The molecular weight excluding hydrogens is 683 g/mol. The lowest BCUT2D eigenvalue weighted by atomic mass is 9.92. The van der Waals surface area contributed by atoms with Gasteiger partial charge in [0.1, 0.15) is 0 Å². The summed E-state index contributed by atoms with van der Waals surface area (Å²) in [5.41, 5.74) is 9.64. The van der Waals surface area contributed by atoms with Crippen LogP contribution in [0.4, 0.5) is 0 Å². The topological polar surface area (TPSA) is 64.5 Å². The van der Waals surface area contributed by atoms with E-state index in [4.69, 9.17) is 24.9 Å². The summed E-state index contributed by atoms with van der Waals surface area (Å²) in [4.78, 5) is 25.5. The molecule has 0 aliphatic heterocycles. The summed E-state index contributed by atoms with van der Waals surface area (Å²) in [7, 11) is 0. The molecule has 0 saturated carbocycles. The smallest absolute Gasteiger partial charge is 0.165 e. The monoisotopic (exact) mass is 715 g/mol. The molecule has 56 heavy (non-hydrogen) atoms. The largest absolute Gasteiger partial charge is 0.228 e. The average Bonchev–Trinajstić information content (AvgIpc) is 3.29. The van der Waals surface area contributed by atoms with Gasteiger partial charge in [-0.15, -0.1) is 0 Å². The van der Waals surface area contributed by atoms with Crippen LogP contribution in [0.3, 0.4) is 0 Å². The summed E-state index contributed by atoms with van der Waals surface area (Å²) in [6.07, 6.45) is 0. The molecule has 0 amide bonds. The first-order chi connectivity index (χ1) is 27.7. The molecule has 5 heteroatoms. The van der Waals surface area contributed by atoms with Crippen LogP contribution >= 0.6 is 0 Å². The lowest BCUT2D eigenvalue weighted by Crippen LogP contribution is -2.01. The van der Waals surface area contributed by atoms with Crippen molar-refractivity contribution in [1.82, 2.24) is 24.9 Å². The second-order valence-electron chi connectivity index (χ2n) is 13.7. The molecule has 0 saturated heterocycles. The van der Waals surface area contributed by atoms with Crippen molar-refractivity contribution >= 4 is 21.5 Å². The van der Waals surface area contributed by atoms with E-state index in [0.717, 1.165) is 72.1 Å². The quantitative estimate of drug-likeness (QED) is 0.164. The van der Waals surface area contributed by atoms with Gasteiger partial charge in [0.15, 0.2) is 23.3 Å². The fraction of sp³-hybridized carbons (Fsp3) is 0.